The average molecular weight is 173 g/mol. The molecule has 1 aliphatic heterocycles. The van der Waals surface area contributed by atoms with Crippen molar-refractivity contribution in [1.82, 2.24) is 5.32 Å². The highest BCUT2D eigenvalue weighted by Crippen LogP contribution is 2.03. The lowest BCUT2D eigenvalue weighted by molar-refractivity contribution is -0.0683. The van der Waals surface area contributed by atoms with Gasteiger partial charge in [-0.3, -0.25) is 0 Å². The summed E-state index contributed by atoms with van der Waals surface area (Å²) in [7, 11) is 0. The summed E-state index contributed by atoms with van der Waals surface area (Å²) in [5, 5.41) is 3.31. The van der Waals surface area contributed by atoms with Crippen molar-refractivity contribution in [2.45, 2.75) is 32.5 Å². The smallest absolute Gasteiger partial charge is 0.0936 e. The molecule has 0 bridgehead atoms. The first-order valence-corrected chi connectivity index (χ1v) is 4.77. The molecule has 0 aliphatic carbocycles. The lowest BCUT2D eigenvalue weighted by Gasteiger charge is -2.28. The van der Waals surface area contributed by atoms with E-state index in [0.29, 0.717) is 6.10 Å². The Balaban J connectivity index is 2.06. The zero-order valence-corrected chi connectivity index (χ0v) is 8.01. The predicted molar refractivity (Wildman–Crippen MR) is 48.3 cm³/mol. The highest BCUT2D eigenvalue weighted by molar-refractivity contribution is 4.70. The molecule has 0 radical (unpaired) electrons. The molecule has 12 heavy (non-hydrogen) atoms. The van der Waals surface area contributed by atoms with Crippen LogP contribution in [0, 0.1) is 0 Å². The molecule has 2 atom stereocenters. The van der Waals surface area contributed by atoms with Gasteiger partial charge in [-0.25, -0.2) is 0 Å². The van der Waals surface area contributed by atoms with Crippen molar-refractivity contribution in [3.63, 3.8) is 0 Å². The molecule has 3 nitrogen and oxygen atoms in total. The summed E-state index contributed by atoms with van der Waals surface area (Å²) >= 11 is 0. The molecule has 72 valence electrons. The molecular formula is C9H19NO2. The minimum atomic E-state index is 0.250. The van der Waals surface area contributed by atoms with Crippen molar-refractivity contribution in [3.05, 3.63) is 0 Å². The molecule has 2 unspecified atom stereocenters. The second kappa shape index (κ2) is 5.51. The van der Waals surface area contributed by atoms with Gasteiger partial charge < -0.3 is 14.8 Å². The fraction of sp³-hybridized carbons (Fsp3) is 1.00. The fourth-order valence-electron chi connectivity index (χ4n) is 1.33. The molecule has 3 heteroatoms. The molecule has 0 aromatic heterocycles. The van der Waals surface area contributed by atoms with E-state index in [1.807, 2.05) is 0 Å². The summed E-state index contributed by atoms with van der Waals surface area (Å²) in [6.45, 7) is 7.65. The van der Waals surface area contributed by atoms with Crippen molar-refractivity contribution in [1.29, 1.82) is 0 Å². The Bertz CT molecular complexity index is 119. The standard InChI is InChI=1S/C9H19NO2/c1-3-4-11-7-9-6-10-5-8(2)12-9/h8-10H,3-7H2,1-2H3. The fourth-order valence-corrected chi connectivity index (χ4v) is 1.33. The Morgan fingerprint density at radius 1 is 1.50 bits per heavy atom. The Labute approximate surface area is 74.4 Å². The highest BCUT2D eigenvalue weighted by Gasteiger charge is 2.18. The second-order valence-corrected chi connectivity index (χ2v) is 3.30. The Kier molecular flexibility index (Phi) is 4.58. The van der Waals surface area contributed by atoms with E-state index >= 15 is 0 Å². The quantitative estimate of drug-likeness (QED) is 0.638. The van der Waals surface area contributed by atoms with Crippen LogP contribution in [0.15, 0.2) is 0 Å². The van der Waals surface area contributed by atoms with Crippen LogP contribution < -0.4 is 5.32 Å². The van der Waals surface area contributed by atoms with Gasteiger partial charge in [-0.05, 0) is 13.3 Å². The lowest BCUT2D eigenvalue weighted by atomic mass is 10.2. The maximum absolute atomic E-state index is 5.65. The molecule has 0 aromatic carbocycles. The summed E-state index contributed by atoms with van der Waals surface area (Å²) in [4.78, 5) is 0. The van der Waals surface area contributed by atoms with E-state index < -0.39 is 0 Å². The molecule has 0 aromatic rings. The second-order valence-electron chi connectivity index (χ2n) is 3.30. The molecule has 1 aliphatic rings. The molecule has 1 saturated heterocycles. The van der Waals surface area contributed by atoms with Gasteiger partial charge in [-0.15, -0.1) is 0 Å². The minimum Gasteiger partial charge on any atom is -0.379 e. The normalized spacial score (nSPS) is 30.5. The highest BCUT2D eigenvalue weighted by atomic mass is 16.5. The van der Waals surface area contributed by atoms with Crippen molar-refractivity contribution < 1.29 is 9.47 Å². The molecule has 1 heterocycles. The SMILES string of the molecule is CCCOCC1CNCC(C)O1. The Morgan fingerprint density at radius 2 is 2.33 bits per heavy atom. The van der Waals surface area contributed by atoms with E-state index in [1.165, 1.54) is 0 Å². The van der Waals surface area contributed by atoms with Gasteiger partial charge in [-0.2, -0.15) is 0 Å². The van der Waals surface area contributed by atoms with Crippen molar-refractivity contribution >= 4 is 0 Å². The first-order chi connectivity index (χ1) is 5.83. The van der Waals surface area contributed by atoms with Gasteiger partial charge in [0.2, 0.25) is 0 Å². The van der Waals surface area contributed by atoms with Crippen LogP contribution in [-0.4, -0.2) is 38.5 Å². The van der Waals surface area contributed by atoms with Crippen LogP contribution in [0.1, 0.15) is 20.3 Å². The van der Waals surface area contributed by atoms with Crippen LogP contribution >= 0.6 is 0 Å². The van der Waals surface area contributed by atoms with Crippen LogP contribution in [0.25, 0.3) is 0 Å². The van der Waals surface area contributed by atoms with Crippen LogP contribution in [0.3, 0.4) is 0 Å². The maximum atomic E-state index is 5.65. The summed E-state index contributed by atoms with van der Waals surface area (Å²) < 4.78 is 11.1. The van der Waals surface area contributed by atoms with Crippen LogP contribution in [0.5, 0.6) is 0 Å². The minimum absolute atomic E-state index is 0.250. The zero-order valence-electron chi connectivity index (χ0n) is 8.01. The largest absolute Gasteiger partial charge is 0.379 e. The van der Waals surface area contributed by atoms with Crippen molar-refractivity contribution in [2.24, 2.45) is 0 Å². The number of ether oxygens (including phenoxy) is 2. The summed E-state index contributed by atoms with van der Waals surface area (Å²) in [5.74, 6) is 0. The summed E-state index contributed by atoms with van der Waals surface area (Å²) in [6, 6.07) is 0. The third-order valence-corrected chi connectivity index (χ3v) is 1.88. The van der Waals surface area contributed by atoms with Gasteiger partial charge >= 0.3 is 0 Å². The van der Waals surface area contributed by atoms with E-state index in [1.54, 1.807) is 0 Å². The number of nitrogens with one attached hydrogen (secondary N) is 1. The Hall–Kier alpha value is -0.120. The summed E-state index contributed by atoms with van der Waals surface area (Å²) in [6.07, 6.45) is 1.66. The zero-order chi connectivity index (χ0) is 8.81. The molecule has 0 saturated carbocycles. The van der Waals surface area contributed by atoms with Gasteiger partial charge in [-0.1, -0.05) is 6.92 Å². The topological polar surface area (TPSA) is 30.5 Å². The number of morpholine rings is 1. The monoisotopic (exact) mass is 173 g/mol. The van der Waals surface area contributed by atoms with Crippen LogP contribution in [0.4, 0.5) is 0 Å². The van der Waals surface area contributed by atoms with E-state index in [2.05, 4.69) is 19.2 Å². The van der Waals surface area contributed by atoms with Crippen LogP contribution in [-0.2, 0) is 9.47 Å². The molecular weight excluding hydrogens is 154 g/mol. The van der Waals surface area contributed by atoms with Gasteiger partial charge in [0.1, 0.15) is 0 Å². The van der Waals surface area contributed by atoms with Gasteiger partial charge in [0, 0.05) is 19.7 Å². The molecule has 1 fully saturated rings. The van der Waals surface area contributed by atoms with E-state index in [-0.39, 0.29) is 6.10 Å². The van der Waals surface area contributed by atoms with E-state index in [0.717, 1.165) is 32.7 Å². The van der Waals surface area contributed by atoms with Gasteiger partial charge in [0.25, 0.3) is 0 Å². The number of hydrogen-bond donors (Lipinski definition) is 1. The molecule has 1 N–H and O–H groups in total. The first kappa shape index (κ1) is 9.96. The van der Waals surface area contributed by atoms with Crippen molar-refractivity contribution in [3.8, 4) is 0 Å². The van der Waals surface area contributed by atoms with Gasteiger partial charge in [0.15, 0.2) is 0 Å². The number of hydrogen-bond acceptors (Lipinski definition) is 3. The lowest BCUT2D eigenvalue weighted by Crippen LogP contribution is -2.45. The third-order valence-electron chi connectivity index (χ3n) is 1.88. The van der Waals surface area contributed by atoms with Crippen LogP contribution in [0.2, 0.25) is 0 Å². The van der Waals surface area contributed by atoms with E-state index in [4.69, 9.17) is 9.47 Å². The predicted octanol–water partition coefficient (Wildman–Crippen LogP) is 0.790. The number of rotatable bonds is 4. The molecule has 0 amide bonds. The first-order valence-electron chi connectivity index (χ1n) is 4.77. The van der Waals surface area contributed by atoms with E-state index in [9.17, 15) is 0 Å². The van der Waals surface area contributed by atoms with Gasteiger partial charge in [0.05, 0.1) is 18.8 Å². The Morgan fingerprint density at radius 3 is 3.00 bits per heavy atom. The molecule has 1 rings (SSSR count). The maximum Gasteiger partial charge on any atom is 0.0936 e. The van der Waals surface area contributed by atoms with Crippen molar-refractivity contribution in [2.75, 3.05) is 26.3 Å². The summed E-state index contributed by atoms with van der Waals surface area (Å²) in [5.41, 5.74) is 0. The third kappa shape index (κ3) is 3.52. The average Bonchev–Trinajstić information content (AvgIpc) is 2.05. The molecule has 0 spiro atoms.